The third kappa shape index (κ3) is 6.77. The Labute approximate surface area is 244 Å². The number of terminal acetylenes is 1. The van der Waals surface area contributed by atoms with Crippen molar-refractivity contribution in [1.82, 2.24) is 14.6 Å². The molecule has 0 spiro atoms. The summed E-state index contributed by atoms with van der Waals surface area (Å²) in [5, 5.41) is 0.354. The highest BCUT2D eigenvalue weighted by Gasteiger charge is 2.32. The van der Waals surface area contributed by atoms with Crippen molar-refractivity contribution < 1.29 is 18.7 Å². The van der Waals surface area contributed by atoms with E-state index in [0.717, 1.165) is 0 Å². The van der Waals surface area contributed by atoms with Crippen LogP contribution >= 0.6 is 23.2 Å². The van der Waals surface area contributed by atoms with Gasteiger partial charge in [0.2, 0.25) is 0 Å². The summed E-state index contributed by atoms with van der Waals surface area (Å²) < 4.78 is 21.1. The van der Waals surface area contributed by atoms with Gasteiger partial charge in [0.1, 0.15) is 6.04 Å². The summed E-state index contributed by atoms with van der Waals surface area (Å²) in [6.45, 7) is -0.199. The smallest absolute Gasteiger partial charge is 0.404 e. The molecule has 1 atom stereocenters. The van der Waals surface area contributed by atoms with Crippen molar-refractivity contribution in [2.45, 2.75) is 18.9 Å². The molecule has 2 amide bonds. The first-order valence-corrected chi connectivity index (χ1v) is 13.1. The Balaban J connectivity index is 1.91. The first-order valence-electron chi connectivity index (χ1n) is 12.4. The van der Waals surface area contributed by atoms with Crippen LogP contribution in [0.3, 0.4) is 0 Å². The van der Waals surface area contributed by atoms with Gasteiger partial charge in [0.05, 0.1) is 33.8 Å². The molecule has 0 saturated carbocycles. The fraction of sp³-hybridized carbons (Fsp3) is 0.172. The van der Waals surface area contributed by atoms with Crippen LogP contribution in [0.1, 0.15) is 35.1 Å². The minimum atomic E-state index is -1.05. The summed E-state index contributed by atoms with van der Waals surface area (Å²) in [4.78, 5) is 44.7. The van der Waals surface area contributed by atoms with Crippen molar-refractivity contribution >= 4 is 51.8 Å². The van der Waals surface area contributed by atoms with E-state index in [1.54, 1.807) is 36.4 Å². The molecule has 3 aromatic carbocycles. The number of rotatable bonds is 10. The van der Waals surface area contributed by atoms with E-state index in [-0.39, 0.29) is 53.3 Å². The largest absolute Gasteiger partial charge is 0.450 e. The number of hydrogen-bond acceptors (Lipinski definition) is 6. The molecule has 0 aliphatic heterocycles. The van der Waals surface area contributed by atoms with Gasteiger partial charge < -0.3 is 15.4 Å². The molecule has 0 aliphatic rings. The first kappa shape index (κ1) is 29.4. The monoisotopic (exact) mass is 595 g/mol. The van der Waals surface area contributed by atoms with Crippen LogP contribution in [0, 0.1) is 18.2 Å². The van der Waals surface area contributed by atoms with Crippen molar-refractivity contribution in [3.8, 4) is 12.3 Å². The average Bonchev–Trinajstić information content (AvgIpc) is 2.95. The summed E-state index contributed by atoms with van der Waals surface area (Å²) in [6, 6.07) is 16.5. The van der Waals surface area contributed by atoms with Gasteiger partial charge in [-0.1, -0.05) is 47.5 Å². The maximum Gasteiger partial charge on any atom is 0.404 e. The molecule has 0 saturated heterocycles. The lowest BCUT2D eigenvalue weighted by molar-refractivity contribution is 0.0643. The SMILES string of the molecule is C#CCC(c1nc2cc(Cl)ccc2c(=O)n1Nc1ccccc1)N(CCCOC(N)=O)C(=O)c1cccc(Cl)c1F. The molecule has 0 fully saturated rings. The molecular weight excluding hydrogens is 572 g/mol. The normalized spacial score (nSPS) is 11.5. The second kappa shape index (κ2) is 13.2. The number of ether oxygens (including phenoxy) is 1. The van der Waals surface area contributed by atoms with Crippen molar-refractivity contribution in [3.05, 3.63) is 104 Å². The molecule has 1 aromatic heterocycles. The lowest BCUT2D eigenvalue weighted by Gasteiger charge is -2.32. The van der Waals surface area contributed by atoms with Crippen molar-refractivity contribution in [2.24, 2.45) is 5.73 Å². The van der Waals surface area contributed by atoms with E-state index < -0.39 is 29.4 Å². The Bertz CT molecular complexity index is 1690. The highest BCUT2D eigenvalue weighted by molar-refractivity contribution is 6.31. The number of nitrogens with zero attached hydrogens (tertiary/aromatic N) is 3. The summed E-state index contributed by atoms with van der Waals surface area (Å²) in [5.41, 5.74) is 8.14. The van der Waals surface area contributed by atoms with Crippen LogP contribution in [0.4, 0.5) is 14.9 Å². The third-order valence-corrected chi connectivity index (χ3v) is 6.62. The molecule has 0 bridgehead atoms. The second-order valence-corrected chi connectivity index (χ2v) is 9.64. The number of amides is 2. The Morgan fingerprint density at radius 3 is 2.61 bits per heavy atom. The predicted octanol–water partition coefficient (Wildman–Crippen LogP) is 5.41. The van der Waals surface area contributed by atoms with Gasteiger partial charge >= 0.3 is 6.09 Å². The Morgan fingerprint density at radius 2 is 1.90 bits per heavy atom. The van der Waals surface area contributed by atoms with E-state index in [1.165, 1.54) is 33.8 Å². The summed E-state index contributed by atoms with van der Waals surface area (Å²) in [7, 11) is 0. The Hall–Kier alpha value is -4.59. The van der Waals surface area contributed by atoms with E-state index in [1.807, 2.05) is 6.07 Å². The average molecular weight is 596 g/mol. The molecule has 4 rings (SSSR count). The van der Waals surface area contributed by atoms with E-state index in [9.17, 15) is 14.4 Å². The van der Waals surface area contributed by atoms with Gasteiger partial charge in [0.25, 0.3) is 11.5 Å². The maximum atomic E-state index is 15.0. The van der Waals surface area contributed by atoms with E-state index >= 15 is 4.39 Å². The van der Waals surface area contributed by atoms with E-state index in [0.29, 0.717) is 10.7 Å². The number of primary amides is 1. The number of halogens is 3. The molecule has 0 aliphatic carbocycles. The van der Waals surface area contributed by atoms with Gasteiger partial charge in [-0.25, -0.2) is 18.8 Å². The second-order valence-electron chi connectivity index (χ2n) is 8.79. The number of hydrogen-bond donors (Lipinski definition) is 2. The molecule has 41 heavy (non-hydrogen) atoms. The molecule has 12 heteroatoms. The number of nitrogens with two attached hydrogens (primary N) is 1. The predicted molar refractivity (Wildman–Crippen MR) is 155 cm³/mol. The van der Waals surface area contributed by atoms with Crippen molar-refractivity contribution in [3.63, 3.8) is 0 Å². The van der Waals surface area contributed by atoms with Gasteiger partial charge in [0, 0.05) is 18.0 Å². The van der Waals surface area contributed by atoms with Crippen molar-refractivity contribution in [2.75, 3.05) is 18.6 Å². The molecule has 210 valence electrons. The van der Waals surface area contributed by atoms with Crippen LogP contribution < -0.4 is 16.7 Å². The Morgan fingerprint density at radius 1 is 1.15 bits per heavy atom. The maximum absolute atomic E-state index is 15.0. The number of benzene rings is 3. The summed E-state index contributed by atoms with van der Waals surface area (Å²) >= 11 is 12.2. The minimum absolute atomic E-state index is 0.0678. The lowest BCUT2D eigenvalue weighted by atomic mass is 10.1. The highest BCUT2D eigenvalue weighted by Crippen LogP contribution is 2.29. The van der Waals surface area contributed by atoms with Crippen LogP contribution in [0.2, 0.25) is 10.0 Å². The summed E-state index contributed by atoms with van der Waals surface area (Å²) in [6.07, 6.45) is 4.76. The van der Waals surface area contributed by atoms with Crippen molar-refractivity contribution in [1.29, 1.82) is 0 Å². The number of anilines is 1. The molecule has 0 radical (unpaired) electrons. The van der Waals surface area contributed by atoms with Crippen LogP contribution in [-0.4, -0.2) is 39.7 Å². The molecule has 1 unspecified atom stereocenters. The van der Waals surface area contributed by atoms with E-state index in [4.69, 9.17) is 45.1 Å². The number of aromatic nitrogens is 2. The minimum Gasteiger partial charge on any atom is -0.450 e. The topological polar surface area (TPSA) is 120 Å². The zero-order valence-electron chi connectivity index (χ0n) is 21.5. The van der Waals surface area contributed by atoms with Crippen LogP contribution in [0.25, 0.3) is 10.9 Å². The zero-order chi connectivity index (χ0) is 29.5. The number of fused-ring (bicyclic) bond motifs is 1. The highest BCUT2D eigenvalue weighted by atomic mass is 35.5. The molecule has 9 nitrogen and oxygen atoms in total. The number of carbonyl (C=O) groups excluding carboxylic acids is 2. The van der Waals surface area contributed by atoms with E-state index in [2.05, 4.69) is 11.3 Å². The van der Waals surface area contributed by atoms with Crippen LogP contribution in [0.15, 0.2) is 71.5 Å². The fourth-order valence-electron chi connectivity index (χ4n) is 4.23. The van der Waals surface area contributed by atoms with Gasteiger partial charge in [0.15, 0.2) is 11.6 Å². The van der Waals surface area contributed by atoms with Gasteiger partial charge in [-0.15, -0.1) is 12.3 Å². The quantitative estimate of drug-likeness (QED) is 0.187. The molecule has 4 aromatic rings. The van der Waals surface area contributed by atoms with Gasteiger partial charge in [-0.2, -0.15) is 0 Å². The van der Waals surface area contributed by atoms with Gasteiger partial charge in [-0.3, -0.25) is 15.0 Å². The standard InChI is InChI=1S/C29H24Cl2FN5O4/c1-2-8-24(36(15-7-16-41-29(33)40)27(38)21-11-6-12-22(31)25(21)32)26-34-23-17-18(30)13-14-20(23)28(39)37(26)35-19-9-4-3-5-10-19/h1,3-6,9-14,17,24,35H,7-8,15-16H2,(H2,33,40). The summed E-state index contributed by atoms with van der Waals surface area (Å²) in [5.74, 6) is 0.908. The number of para-hydroxylation sites is 1. The third-order valence-electron chi connectivity index (χ3n) is 6.09. The number of nitrogens with one attached hydrogen (secondary N) is 1. The number of carbonyl (C=O) groups is 2. The fourth-order valence-corrected chi connectivity index (χ4v) is 4.57. The van der Waals surface area contributed by atoms with Gasteiger partial charge in [-0.05, 0) is 48.9 Å². The zero-order valence-corrected chi connectivity index (χ0v) is 23.0. The molecule has 1 heterocycles. The molecular formula is C29H24Cl2FN5O4. The van der Waals surface area contributed by atoms with Crippen LogP contribution in [0.5, 0.6) is 0 Å². The molecule has 3 N–H and O–H groups in total. The van der Waals surface area contributed by atoms with Crippen LogP contribution in [-0.2, 0) is 4.74 Å². The first-order chi connectivity index (χ1) is 19.7. The lowest BCUT2D eigenvalue weighted by Crippen LogP contribution is -2.41. The Kier molecular flexibility index (Phi) is 9.45.